The molecule has 0 spiro atoms. The van der Waals surface area contributed by atoms with Crippen LogP contribution in [-0.4, -0.2) is 31.6 Å². The van der Waals surface area contributed by atoms with E-state index in [0.29, 0.717) is 11.7 Å². The Labute approximate surface area is 146 Å². The summed E-state index contributed by atoms with van der Waals surface area (Å²) in [7, 11) is 1.59. The van der Waals surface area contributed by atoms with E-state index >= 15 is 0 Å². The number of hydrogen-bond acceptors (Lipinski definition) is 5. The number of pyridine rings is 3. The van der Waals surface area contributed by atoms with Crippen LogP contribution in [0.4, 0.5) is 0 Å². The van der Waals surface area contributed by atoms with Crippen LogP contribution in [0.2, 0.25) is 0 Å². The fourth-order valence-corrected chi connectivity index (χ4v) is 2.80. The lowest BCUT2D eigenvalue weighted by Gasteiger charge is -2.08. The van der Waals surface area contributed by atoms with Crippen LogP contribution in [0, 0.1) is 0 Å². The summed E-state index contributed by atoms with van der Waals surface area (Å²) >= 11 is 3.44. The van der Waals surface area contributed by atoms with E-state index in [9.17, 15) is 0 Å². The van der Waals surface area contributed by atoms with Crippen LogP contribution in [0.25, 0.3) is 28.4 Å². The fraction of sp³-hybridized carbons (Fsp3) is 0.0588. The summed E-state index contributed by atoms with van der Waals surface area (Å²) < 4.78 is 7.95. The van der Waals surface area contributed by atoms with Gasteiger partial charge in [-0.15, -0.1) is 0 Å². The number of aromatic nitrogens is 5. The summed E-state index contributed by atoms with van der Waals surface area (Å²) in [6.45, 7) is 0. The van der Waals surface area contributed by atoms with Crippen LogP contribution >= 0.6 is 15.9 Å². The van der Waals surface area contributed by atoms with Crippen molar-refractivity contribution in [2.45, 2.75) is 0 Å². The molecule has 0 aliphatic rings. The van der Waals surface area contributed by atoms with Crippen molar-refractivity contribution in [1.82, 2.24) is 24.5 Å². The molecule has 0 saturated heterocycles. The SMILES string of the molecule is COc1ccc(-n2c(-c3ccccn3)nc3cc(Br)cnc32)cn1. The minimum absolute atomic E-state index is 0.554. The van der Waals surface area contributed by atoms with Crippen LogP contribution < -0.4 is 4.74 Å². The van der Waals surface area contributed by atoms with Crippen molar-refractivity contribution in [3.63, 3.8) is 0 Å². The molecule has 0 fully saturated rings. The molecule has 0 radical (unpaired) electrons. The van der Waals surface area contributed by atoms with E-state index in [1.165, 1.54) is 0 Å². The van der Waals surface area contributed by atoms with E-state index in [2.05, 4.69) is 30.9 Å². The van der Waals surface area contributed by atoms with E-state index in [0.717, 1.165) is 27.0 Å². The predicted molar refractivity (Wildman–Crippen MR) is 94.1 cm³/mol. The molecule has 0 bridgehead atoms. The number of halogens is 1. The standard InChI is InChI=1S/C17H12BrN5O/c1-24-15-6-5-12(10-20-15)23-16-14(8-11(18)9-21-16)22-17(23)13-4-2-3-7-19-13/h2-10H,1H3. The van der Waals surface area contributed by atoms with Crippen LogP contribution in [0.3, 0.4) is 0 Å². The third-order valence-corrected chi connectivity index (χ3v) is 3.98. The molecule has 0 saturated carbocycles. The zero-order valence-electron chi connectivity index (χ0n) is 12.7. The second kappa shape index (κ2) is 6.01. The van der Waals surface area contributed by atoms with E-state index in [1.807, 2.05) is 41.0 Å². The molecule has 4 aromatic heterocycles. The summed E-state index contributed by atoms with van der Waals surface area (Å²) in [5, 5.41) is 0. The lowest BCUT2D eigenvalue weighted by molar-refractivity contribution is 0.398. The third kappa shape index (κ3) is 2.52. The topological polar surface area (TPSA) is 65.7 Å². The van der Waals surface area contributed by atoms with Crippen molar-refractivity contribution in [3.05, 3.63) is 59.5 Å². The average molecular weight is 382 g/mol. The molecule has 0 aliphatic heterocycles. The molecule has 0 N–H and O–H groups in total. The van der Waals surface area contributed by atoms with Gasteiger partial charge in [0.2, 0.25) is 5.88 Å². The highest BCUT2D eigenvalue weighted by molar-refractivity contribution is 9.10. The Morgan fingerprint density at radius 2 is 1.96 bits per heavy atom. The maximum absolute atomic E-state index is 5.13. The molecule has 0 aromatic carbocycles. The molecule has 118 valence electrons. The molecule has 4 aromatic rings. The lowest BCUT2D eigenvalue weighted by Crippen LogP contribution is -2.00. The molecule has 7 heteroatoms. The summed E-state index contributed by atoms with van der Waals surface area (Å²) in [6.07, 6.45) is 5.23. The molecular formula is C17H12BrN5O. The minimum Gasteiger partial charge on any atom is -0.481 e. The van der Waals surface area contributed by atoms with E-state index < -0.39 is 0 Å². The van der Waals surface area contributed by atoms with Gasteiger partial charge in [0.15, 0.2) is 11.5 Å². The highest BCUT2D eigenvalue weighted by Crippen LogP contribution is 2.27. The second-order valence-electron chi connectivity index (χ2n) is 5.04. The van der Waals surface area contributed by atoms with Gasteiger partial charge in [0, 0.05) is 22.9 Å². The van der Waals surface area contributed by atoms with Crippen LogP contribution in [0.5, 0.6) is 5.88 Å². The van der Waals surface area contributed by atoms with Crippen molar-refractivity contribution in [3.8, 4) is 23.1 Å². The summed E-state index contributed by atoms with van der Waals surface area (Å²) in [5.41, 5.74) is 3.13. The third-order valence-electron chi connectivity index (χ3n) is 3.55. The van der Waals surface area contributed by atoms with Gasteiger partial charge in [-0.3, -0.25) is 9.55 Å². The largest absolute Gasteiger partial charge is 0.481 e. The van der Waals surface area contributed by atoms with Gasteiger partial charge in [-0.05, 0) is 40.2 Å². The second-order valence-corrected chi connectivity index (χ2v) is 5.96. The minimum atomic E-state index is 0.554. The number of hydrogen-bond donors (Lipinski definition) is 0. The Morgan fingerprint density at radius 1 is 1.04 bits per heavy atom. The molecule has 0 unspecified atom stereocenters. The normalized spacial score (nSPS) is 10.9. The van der Waals surface area contributed by atoms with Gasteiger partial charge in [0.05, 0.1) is 19.0 Å². The van der Waals surface area contributed by atoms with E-state index in [-0.39, 0.29) is 0 Å². The maximum Gasteiger partial charge on any atom is 0.213 e. The number of fused-ring (bicyclic) bond motifs is 1. The van der Waals surface area contributed by atoms with Crippen molar-refractivity contribution in [1.29, 1.82) is 0 Å². The van der Waals surface area contributed by atoms with Gasteiger partial charge >= 0.3 is 0 Å². The van der Waals surface area contributed by atoms with Gasteiger partial charge < -0.3 is 4.74 Å². The van der Waals surface area contributed by atoms with Crippen molar-refractivity contribution < 1.29 is 4.74 Å². The Bertz CT molecular complexity index is 999. The Morgan fingerprint density at radius 3 is 2.67 bits per heavy atom. The van der Waals surface area contributed by atoms with Crippen LogP contribution in [0.15, 0.2) is 59.5 Å². The smallest absolute Gasteiger partial charge is 0.213 e. The van der Waals surface area contributed by atoms with Crippen LogP contribution in [-0.2, 0) is 0 Å². The molecule has 0 amide bonds. The monoisotopic (exact) mass is 381 g/mol. The molecule has 4 rings (SSSR count). The molecule has 4 heterocycles. The lowest BCUT2D eigenvalue weighted by atomic mass is 10.3. The highest BCUT2D eigenvalue weighted by atomic mass is 79.9. The first-order valence-corrected chi connectivity index (χ1v) is 8.01. The quantitative estimate of drug-likeness (QED) is 0.541. The first-order valence-electron chi connectivity index (χ1n) is 7.22. The highest BCUT2D eigenvalue weighted by Gasteiger charge is 2.16. The number of ether oxygens (including phenoxy) is 1. The van der Waals surface area contributed by atoms with E-state index in [4.69, 9.17) is 9.72 Å². The zero-order chi connectivity index (χ0) is 16.5. The Hall–Kier alpha value is -2.80. The maximum atomic E-state index is 5.13. The molecule has 0 atom stereocenters. The molecule has 0 aliphatic carbocycles. The molecule has 6 nitrogen and oxygen atoms in total. The van der Waals surface area contributed by atoms with Crippen LogP contribution in [0.1, 0.15) is 0 Å². The fourth-order valence-electron chi connectivity index (χ4n) is 2.48. The number of nitrogens with zero attached hydrogens (tertiary/aromatic N) is 5. The van der Waals surface area contributed by atoms with Crippen molar-refractivity contribution >= 4 is 27.1 Å². The van der Waals surface area contributed by atoms with Gasteiger partial charge in [-0.25, -0.2) is 15.0 Å². The van der Waals surface area contributed by atoms with Crippen molar-refractivity contribution in [2.75, 3.05) is 7.11 Å². The first-order chi connectivity index (χ1) is 11.8. The van der Waals surface area contributed by atoms with Gasteiger partial charge in [-0.2, -0.15) is 0 Å². The van der Waals surface area contributed by atoms with Gasteiger partial charge in [-0.1, -0.05) is 6.07 Å². The van der Waals surface area contributed by atoms with Gasteiger partial charge in [0.25, 0.3) is 0 Å². The summed E-state index contributed by atoms with van der Waals surface area (Å²) in [4.78, 5) is 17.9. The zero-order valence-corrected chi connectivity index (χ0v) is 14.3. The first kappa shape index (κ1) is 14.8. The van der Waals surface area contributed by atoms with Crippen molar-refractivity contribution in [2.24, 2.45) is 0 Å². The van der Waals surface area contributed by atoms with E-state index in [1.54, 1.807) is 25.7 Å². The average Bonchev–Trinajstić information content (AvgIpc) is 3.01. The Kier molecular flexibility index (Phi) is 3.70. The predicted octanol–water partition coefficient (Wildman–Crippen LogP) is 3.65. The van der Waals surface area contributed by atoms with Gasteiger partial charge in [0.1, 0.15) is 11.2 Å². The summed E-state index contributed by atoms with van der Waals surface area (Å²) in [5.74, 6) is 1.27. The summed E-state index contributed by atoms with van der Waals surface area (Å²) in [6, 6.07) is 11.4. The molecule has 24 heavy (non-hydrogen) atoms. The number of imidazole rings is 1. The number of rotatable bonds is 3. The molecular weight excluding hydrogens is 370 g/mol. The number of methoxy groups -OCH3 is 1. The Balaban J connectivity index is 2.00.